The van der Waals surface area contributed by atoms with E-state index in [-0.39, 0.29) is 5.69 Å². The van der Waals surface area contributed by atoms with Gasteiger partial charge in [-0.2, -0.15) is 0 Å². The number of urea groups is 1. The lowest BCUT2D eigenvalue weighted by atomic mass is 9.92. The van der Waals surface area contributed by atoms with Gasteiger partial charge in [-0.05, 0) is 48.9 Å². The minimum atomic E-state index is -1.46. The summed E-state index contributed by atoms with van der Waals surface area (Å²) in [6, 6.07) is 20.4. The molecular weight excluding hydrogens is 440 g/mol. The number of para-hydroxylation sites is 3. The van der Waals surface area contributed by atoms with Crippen LogP contribution in [0.3, 0.4) is 0 Å². The van der Waals surface area contributed by atoms with E-state index >= 15 is 0 Å². The first kappa shape index (κ1) is 22.5. The van der Waals surface area contributed by atoms with E-state index in [1.807, 2.05) is 18.2 Å². The van der Waals surface area contributed by atoms with Crippen molar-refractivity contribution in [3.63, 3.8) is 0 Å². The number of hydrogen-bond donors (Lipinski definition) is 2. The Labute approximate surface area is 194 Å². The van der Waals surface area contributed by atoms with E-state index in [1.165, 1.54) is 31.2 Å². The molecule has 172 valence electrons. The van der Waals surface area contributed by atoms with Crippen LogP contribution < -0.4 is 15.4 Å². The molecule has 0 spiro atoms. The maximum Gasteiger partial charge on any atom is 0.325 e. The Kier molecular flexibility index (Phi) is 5.96. The van der Waals surface area contributed by atoms with Crippen LogP contribution in [0.15, 0.2) is 78.9 Å². The Morgan fingerprint density at radius 2 is 1.68 bits per heavy atom. The van der Waals surface area contributed by atoms with Crippen molar-refractivity contribution in [2.24, 2.45) is 0 Å². The van der Waals surface area contributed by atoms with Gasteiger partial charge >= 0.3 is 6.03 Å². The molecule has 1 fully saturated rings. The number of ether oxygens (including phenoxy) is 1. The summed E-state index contributed by atoms with van der Waals surface area (Å²) < 4.78 is 5.82. The SMILES string of the molecule is CC1(c2ccc([N+](=O)[O-])cc2)NC(=O)N(CC(=O)Nc2ccccc2Oc2ccccc2)C1=O. The fraction of sp³-hybridized carbons (Fsp3) is 0.125. The molecule has 3 aromatic carbocycles. The monoisotopic (exact) mass is 460 g/mol. The minimum absolute atomic E-state index is 0.142. The maximum atomic E-state index is 13.1. The van der Waals surface area contributed by atoms with E-state index in [9.17, 15) is 24.5 Å². The van der Waals surface area contributed by atoms with Crippen molar-refractivity contribution in [1.82, 2.24) is 10.2 Å². The first-order valence-electron chi connectivity index (χ1n) is 10.3. The second kappa shape index (κ2) is 9.02. The lowest BCUT2D eigenvalue weighted by Crippen LogP contribution is -2.42. The van der Waals surface area contributed by atoms with Crippen molar-refractivity contribution in [2.45, 2.75) is 12.5 Å². The molecule has 4 rings (SSSR count). The Hall–Kier alpha value is -4.73. The van der Waals surface area contributed by atoms with Gasteiger partial charge in [-0.15, -0.1) is 0 Å². The molecular formula is C24H20N4O6. The number of hydrogen-bond acceptors (Lipinski definition) is 6. The van der Waals surface area contributed by atoms with Gasteiger partial charge in [0, 0.05) is 12.1 Å². The standard InChI is InChI=1S/C24H20N4O6/c1-24(16-11-13-17(14-12-16)28(32)33)22(30)27(23(31)26-24)15-21(29)25-19-9-5-6-10-20(19)34-18-7-3-2-4-8-18/h2-14H,15H2,1H3,(H,25,29)(H,26,31). The highest BCUT2D eigenvalue weighted by atomic mass is 16.6. The number of nitro groups is 1. The summed E-state index contributed by atoms with van der Waals surface area (Å²) in [5.74, 6) is -0.261. The normalized spacial score (nSPS) is 17.3. The maximum absolute atomic E-state index is 13.1. The highest BCUT2D eigenvalue weighted by molar-refractivity contribution is 6.10. The fourth-order valence-electron chi connectivity index (χ4n) is 3.56. The third-order valence-corrected chi connectivity index (χ3v) is 5.36. The van der Waals surface area contributed by atoms with Crippen molar-refractivity contribution < 1.29 is 24.0 Å². The van der Waals surface area contributed by atoms with Gasteiger partial charge in [0.2, 0.25) is 5.91 Å². The van der Waals surface area contributed by atoms with Crippen LogP contribution in [-0.4, -0.2) is 34.2 Å². The van der Waals surface area contributed by atoms with Crippen LogP contribution >= 0.6 is 0 Å². The molecule has 1 heterocycles. The van der Waals surface area contributed by atoms with Crippen LogP contribution in [0.2, 0.25) is 0 Å². The molecule has 3 aromatic rings. The van der Waals surface area contributed by atoms with Crippen LogP contribution in [0.1, 0.15) is 12.5 Å². The zero-order valence-corrected chi connectivity index (χ0v) is 18.1. The summed E-state index contributed by atoms with van der Waals surface area (Å²) in [6.45, 7) is 0.961. The number of nitrogens with one attached hydrogen (secondary N) is 2. The molecule has 1 aliphatic heterocycles. The summed E-state index contributed by atoms with van der Waals surface area (Å²) >= 11 is 0. The van der Waals surface area contributed by atoms with E-state index < -0.39 is 34.9 Å². The van der Waals surface area contributed by atoms with E-state index in [0.717, 1.165) is 4.90 Å². The highest BCUT2D eigenvalue weighted by Gasteiger charge is 2.49. The van der Waals surface area contributed by atoms with Crippen LogP contribution in [0.4, 0.5) is 16.2 Å². The predicted molar refractivity (Wildman–Crippen MR) is 122 cm³/mol. The van der Waals surface area contributed by atoms with E-state index in [4.69, 9.17) is 4.74 Å². The molecule has 4 amide bonds. The van der Waals surface area contributed by atoms with Gasteiger partial charge in [-0.25, -0.2) is 4.79 Å². The van der Waals surface area contributed by atoms with Crippen LogP contribution in [0.25, 0.3) is 0 Å². The summed E-state index contributed by atoms with van der Waals surface area (Å²) in [6.07, 6.45) is 0. The Bertz CT molecular complexity index is 1260. The lowest BCUT2D eigenvalue weighted by Gasteiger charge is -2.22. The first-order chi connectivity index (χ1) is 16.3. The molecule has 0 bridgehead atoms. The highest BCUT2D eigenvalue weighted by Crippen LogP contribution is 2.31. The Morgan fingerprint density at radius 1 is 1.03 bits per heavy atom. The second-order valence-electron chi connectivity index (χ2n) is 7.71. The van der Waals surface area contributed by atoms with Crippen molar-refractivity contribution in [3.8, 4) is 11.5 Å². The lowest BCUT2D eigenvalue weighted by molar-refractivity contribution is -0.384. The number of non-ortho nitro benzene ring substituents is 1. The molecule has 0 aliphatic carbocycles. The molecule has 0 radical (unpaired) electrons. The number of imide groups is 1. The van der Waals surface area contributed by atoms with Crippen LogP contribution in [0.5, 0.6) is 11.5 Å². The summed E-state index contributed by atoms with van der Waals surface area (Å²) in [5.41, 5.74) is -0.861. The zero-order valence-electron chi connectivity index (χ0n) is 18.1. The molecule has 1 atom stereocenters. The number of carbonyl (C=O) groups is 3. The molecule has 0 saturated carbocycles. The van der Waals surface area contributed by atoms with Gasteiger partial charge in [0.05, 0.1) is 10.6 Å². The summed E-state index contributed by atoms with van der Waals surface area (Å²) in [7, 11) is 0. The number of nitro benzene ring substituents is 1. The number of nitrogens with zero attached hydrogens (tertiary/aromatic N) is 2. The van der Waals surface area contributed by atoms with Crippen LogP contribution in [-0.2, 0) is 15.1 Å². The molecule has 10 heteroatoms. The van der Waals surface area contributed by atoms with Gasteiger partial charge in [0.15, 0.2) is 5.75 Å². The topological polar surface area (TPSA) is 131 Å². The summed E-state index contributed by atoms with van der Waals surface area (Å²) in [5, 5.41) is 16.1. The van der Waals surface area contributed by atoms with Gasteiger partial charge in [-0.3, -0.25) is 24.6 Å². The van der Waals surface area contributed by atoms with Crippen molar-refractivity contribution in [2.75, 3.05) is 11.9 Å². The third-order valence-electron chi connectivity index (χ3n) is 5.36. The van der Waals surface area contributed by atoms with E-state index in [2.05, 4.69) is 10.6 Å². The van der Waals surface area contributed by atoms with E-state index in [1.54, 1.807) is 36.4 Å². The molecule has 10 nitrogen and oxygen atoms in total. The smallest absolute Gasteiger partial charge is 0.325 e. The Morgan fingerprint density at radius 3 is 2.35 bits per heavy atom. The quantitative estimate of drug-likeness (QED) is 0.313. The average Bonchev–Trinajstić information content (AvgIpc) is 3.05. The zero-order chi connectivity index (χ0) is 24.3. The van der Waals surface area contributed by atoms with Gasteiger partial charge < -0.3 is 15.4 Å². The number of rotatable bonds is 7. The number of amides is 4. The van der Waals surface area contributed by atoms with Crippen molar-refractivity contribution in [1.29, 1.82) is 0 Å². The molecule has 0 aromatic heterocycles. The fourth-order valence-corrected chi connectivity index (χ4v) is 3.56. The van der Waals surface area contributed by atoms with E-state index in [0.29, 0.717) is 22.7 Å². The largest absolute Gasteiger partial charge is 0.455 e. The Balaban J connectivity index is 1.47. The molecule has 1 saturated heterocycles. The van der Waals surface area contributed by atoms with Crippen LogP contribution in [0, 0.1) is 10.1 Å². The van der Waals surface area contributed by atoms with Gasteiger partial charge in [0.25, 0.3) is 11.6 Å². The molecule has 2 N–H and O–H groups in total. The number of benzene rings is 3. The minimum Gasteiger partial charge on any atom is -0.455 e. The second-order valence-corrected chi connectivity index (χ2v) is 7.71. The first-order valence-corrected chi connectivity index (χ1v) is 10.3. The number of anilines is 1. The number of carbonyl (C=O) groups excluding carboxylic acids is 3. The average molecular weight is 460 g/mol. The van der Waals surface area contributed by atoms with Gasteiger partial charge in [-0.1, -0.05) is 30.3 Å². The van der Waals surface area contributed by atoms with Crippen molar-refractivity contribution in [3.05, 3.63) is 94.5 Å². The third kappa shape index (κ3) is 4.42. The molecule has 34 heavy (non-hydrogen) atoms. The molecule has 1 aliphatic rings. The summed E-state index contributed by atoms with van der Waals surface area (Å²) in [4.78, 5) is 49.4. The predicted octanol–water partition coefficient (Wildman–Crippen LogP) is 3.79. The van der Waals surface area contributed by atoms with Gasteiger partial charge in [0.1, 0.15) is 17.8 Å². The molecule has 1 unspecified atom stereocenters. The van der Waals surface area contributed by atoms with Crippen molar-refractivity contribution >= 4 is 29.2 Å².